The van der Waals surface area contributed by atoms with Crippen LogP contribution < -0.4 is 5.56 Å². The van der Waals surface area contributed by atoms with Crippen molar-refractivity contribution in [3.63, 3.8) is 0 Å². The number of fused-ring (bicyclic) bond motifs is 1. The van der Waals surface area contributed by atoms with E-state index in [2.05, 4.69) is 23.2 Å². The van der Waals surface area contributed by atoms with Crippen LogP contribution in [0.5, 0.6) is 5.75 Å². The minimum atomic E-state index is -0.487. The van der Waals surface area contributed by atoms with E-state index in [1.165, 1.54) is 0 Å². The molecule has 186 valence electrons. The second-order valence-electron chi connectivity index (χ2n) is 9.11. The molecular formula is C31H28N2O4. The maximum absolute atomic E-state index is 13.0. The summed E-state index contributed by atoms with van der Waals surface area (Å²) in [5, 5.41) is 10.6. The largest absolute Gasteiger partial charge is 0.508 e. The molecular weight excluding hydrogens is 464 g/mol. The number of rotatable bonds is 6. The quantitative estimate of drug-likeness (QED) is 0.225. The molecule has 0 bridgehead atoms. The SMILES string of the molecule is CCOC(=O)c1cc2cc[nH]c(=O)c2n1-c1cc(C(c2ccccc2)c2ccc(O)cc2)cc(C)c1C. The number of carbonyl (C=O) groups is 1. The number of hydrogen-bond donors (Lipinski definition) is 2. The monoisotopic (exact) mass is 492 g/mol. The van der Waals surface area contributed by atoms with Gasteiger partial charge in [0, 0.05) is 17.5 Å². The summed E-state index contributed by atoms with van der Waals surface area (Å²) in [6.07, 6.45) is 1.58. The predicted molar refractivity (Wildman–Crippen MR) is 145 cm³/mol. The Balaban J connectivity index is 1.81. The van der Waals surface area contributed by atoms with E-state index in [4.69, 9.17) is 4.74 Å². The van der Waals surface area contributed by atoms with Gasteiger partial charge in [-0.05, 0) is 78.9 Å². The number of pyridine rings is 1. The molecule has 2 aromatic heterocycles. The van der Waals surface area contributed by atoms with Crippen LogP contribution in [0.1, 0.15) is 51.1 Å². The Morgan fingerprint density at radius 3 is 2.35 bits per heavy atom. The van der Waals surface area contributed by atoms with Gasteiger partial charge in [0.2, 0.25) is 0 Å². The van der Waals surface area contributed by atoms with Gasteiger partial charge in [0.1, 0.15) is 17.0 Å². The molecule has 0 aliphatic rings. The van der Waals surface area contributed by atoms with Crippen molar-refractivity contribution >= 4 is 16.9 Å². The van der Waals surface area contributed by atoms with E-state index in [0.717, 1.165) is 33.5 Å². The van der Waals surface area contributed by atoms with Crippen LogP contribution >= 0.6 is 0 Å². The minimum Gasteiger partial charge on any atom is -0.508 e. The van der Waals surface area contributed by atoms with Gasteiger partial charge in [0.05, 0.1) is 12.3 Å². The number of benzene rings is 3. The normalized spacial score (nSPS) is 12.0. The third kappa shape index (κ3) is 4.42. The Morgan fingerprint density at radius 2 is 1.65 bits per heavy atom. The second-order valence-corrected chi connectivity index (χ2v) is 9.11. The summed E-state index contributed by atoms with van der Waals surface area (Å²) >= 11 is 0. The van der Waals surface area contributed by atoms with Crippen LogP contribution in [-0.2, 0) is 4.74 Å². The van der Waals surface area contributed by atoms with Crippen LogP contribution in [0.25, 0.3) is 16.6 Å². The third-order valence-corrected chi connectivity index (χ3v) is 6.80. The zero-order valence-electron chi connectivity index (χ0n) is 21.0. The Kier molecular flexibility index (Phi) is 6.40. The number of aryl methyl sites for hydroxylation is 1. The van der Waals surface area contributed by atoms with Crippen molar-refractivity contribution in [3.8, 4) is 11.4 Å². The van der Waals surface area contributed by atoms with E-state index in [1.54, 1.807) is 42.0 Å². The number of carbonyl (C=O) groups excluding carboxylic acids is 1. The number of nitrogens with zero attached hydrogens (tertiary/aromatic N) is 1. The maximum Gasteiger partial charge on any atom is 0.355 e. The molecule has 0 aliphatic carbocycles. The van der Waals surface area contributed by atoms with Crippen LogP contribution in [0.3, 0.4) is 0 Å². The number of aromatic hydroxyl groups is 1. The number of ether oxygens (including phenoxy) is 1. The van der Waals surface area contributed by atoms with E-state index in [0.29, 0.717) is 16.6 Å². The fourth-order valence-corrected chi connectivity index (χ4v) is 4.93. The molecule has 0 fully saturated rings. The van der Waals surface area contributed by atoms with Crippen molar-refractivity contribution in [2.45, 2.75) is 26.7 Å². The number of aromatic nitrogens is 2. The molecule has 0 radical (unpaired) electrons. The van der Waals surface area contributed by atoms with Crippen LogP contribution in [0, 0.1) is 13.8 Å². The number of phenols is 1. The molecule has 0 amide bonds. The van der Waals surface area contributed by atoms with E-state index >= 15 is 0 Å². The van der Waals surface area contributed by atoms with Crippen LogP contribution in [0.4, 0.5) is 0 Å². The van der Waals surface area contributed by atoms with E-state index in [1.807, 2.05) is 50.2 Å². The average molecular weight is 493 g/mol. The Hall–Kier alpha value is -4.58. The first-order valence-electron chi connectivity index (χ1n) is 12.2. The van der Waals surface area contributed by atoms with E-state index in [9.17, 15) is 14.7 Å². The van der Waals surface area contributed by atoms with Crippen molar-refractivity contribution in [1.29, 1.82) is 0 Å². The predicted octanol–water partition coefficient (Wildman–Crippen LogP) is 6.00. The number of hydrogen-bond acceptors (Lipinski definition) is 4. The van der Waals surface area contributed by atoms with Gasteiger partial charge in [0.15, 0.2) is 0 Å². The number of aromatic amines is 1. The highest BCUT2D eigenvalue weighted by molar-refractivity contribution is 5.97. The molecule has 3 aromatic carbocycles. The Bertz CT molecular complexity index is 1650. The van der Waals surface area contributed by atoms with Crippen molar-refractivity contribution in [2.75, 3.05) is 6.61 Å². The van der Waals surface area contributed by atoms with E-state index < -0.39 is 5.97 Å². The lowest BCUT2D eigenvalue weighted by atomic mass is 9.83. The summed E-state index contributed by atoms with van der Waals surface area (Å²) in [5.41, 5.74) is 6.23. The first kappa shape index (κ1) is 24.1. The molecule has 0 aliphatic heterocycles. The summed E-state index contributed by atoms with van der Waals surface area (Å²) in [7, 11) is 0. The highest BCUT2D eigenvalue weighted by Gasteiger charge is 2.24. The topological polar surface area (TPSA) is 84.3 Å². The lowest BCUT2D eigenvalue weighted by Gasteiger charge is -2.23. The molecule has 2 N–H and O–H groups in total. The van der Waals surface area contributed by atoms with Gasteiger partial charge < -0.3 is 14.8 Å². The maximum atomic E-state index is 13.0. The molecule has 2 heterocycles. The Morgan fingerprint density at radius 1 is 0.946 bits per heavy atom. The first-order chi connectivity index (χ1) is 17.9. The molecule has 0 spiro atoms. The van der Waals surface area contributed by atoms with Crippen molar-refractivity contribution in [2.24, 2.45) is 0 Å². The zero-order valence-corrected chi connectivity index (χ0v) is 21.0. The number of H-pyrrole nitrogens is 1. The molecule has 0 saturated heterocycles. The van der Waals surface area contributed by atoms with Gasteiger partial charge in [-0.2, -0.15) is 0 Å². The molecule has 5 rings (SSSR count). The summed E-state index contributed by atoms with van der Waals surface area (Å²) in [6, 6.07) is 25.0. The standard InChI is InChI=1S/C31H28N2O4/c1-4-37-31(36)27-17-23-14-15-32-30(35)29(23)33(27)26-18-24(16-19(2)20(26)3)28(21-8-6-5-7-9-21)22-10-12-25(34)13-11-22/h5-18,28,34H,4H2,1-3H3,(H,32,35). The Labute approximate surface area is 214 Å². The molecule has 1 unspecified atom stereocenters. The van der Waals surface area contributed by atoms with Crippen molar-refractivity contribution in [3.05, 3.63) is 129 Å². The summed E-state index contributed by atoms with van der Waals surface area (Å²) in [6.45, 7) is 6.01. The third-order valence-electron chi connectivity index (χ3n) is 6.80. The highest BCUT2D eigenvalue weighted by Crippen LogP contribution is 2.36. The summed E-state index contributed by atoms with van der Waals surface area (Å²) < 4.78 is 7.08. The van der Waals surface area contributed by atoms with Crippen LogP contribution in [0.15, 0.2) is 89.9 Å². The lowest BCUT2D eigenvalue weighted by Crippen LogP contribution is -2.16. The van der Waals surface area contributed by atoms with Gasteiger partial charge in [0.25, 0.3) is 5.56 Å². The van der Waals surface area contributed by atoms with Gasteiger partial charge in [-0.1, -0.05) is 48.5 Å². The molecule has 6 heteroatoms. The molecule has 5 aromatic rings. The number of esters is 1. The molecule has 1 atom stereocenters. The fraction of sp³-hybridized carbons (Fsp3) is 0.161. The fourth-order valence-electron chi connectivity index (χ4n) is 4.93. The lowest BCUT2D eigenvalue weighted by molar-refractivity contribution is 0.0517. The van der Waals surface area contributed by atoms with Crippen molar-refractivity contribution < 1.29 is 14.6 Å². The van der Waals surface area contributed by atoms with Crippen molar-refractivity contribution in [1.82, 2.24) is 9.55 Å². The van der Waals surface area contributed by atoms with Crippen LogP contribution in [0.2, 0.25) is 0 Å². The number of phenolic OH excluding ortho intramolecular Hbond substituents is 1. The summed E-state index contributed by atoms with van der Waals surface area (Å²) in [5.74, 6) is -0.418. The summed E-state index contributed by atoms with van der Waals surface area (Å²) in [4.78, 5) is 28.8. The molecule has 6 nitrogen and oxygen atoms in total. The van der Waals surface area contributed by atoms with Gasteiger partial charge in [-0.15, -0.1) is 0 Å². The van der Waals surface area contributed by atoms with Gasteiger partial charge >= 0.3 is 5.97 Å². The van der Waals surface area contributed by atoms with Gasteiger partial charge in [-0.3, -0.25) is 9.36 Å². The second kappa shape index (κ2) is 9.82. The van der Waals surface area contributed by atoms with E-state index in [-0.39, 0.29) is 23.8 Å². The zero-order chi connectivity index (χ0) is 26.1. The average Bonchev–Trinajstić information content (AvgIpc) is 3.29. The molecule has 0 saturated carbocycles. The smallest absolute Gasteiger partial charge is 0.355 e. The number of nitrogens with one attached hydrogen (secondary N) is 1. The highest BCUT2D eigenvalue weighted by atomic mass is 16.5. The molecule has 37 heavy (non-hydrogen) atoms. The minimum absolute atomic E-state index is 0.133. The van der Waals surface area contributed by atoms with Crippen LogP contribution in [-0.4, -0.2) is 27.2 Å². The first-order valence-corrected chi connectivity index (χ1v) is 12.2. The van der Waals surface area contributed by atoms with Gasteiger partial charge in [-0.25, -0.2) is 4.79 Å².